The largest absolute Gasteiger partial charge is 0.368 e. The van der Waals surface area contributed by atoms with E-state index in [9.17, 15) is 14.4 Å². The lowest BCUT2D eigenvalue weighted by atomic mass is 9.95. The van der Waals surface area contributed by atoms with E-state index in [2.05, 4.69) is 10.4 Å². The zero-order valence-electron chi connectivity index (χ0n) is 17.8. The maximum Gasteiger partial charge on any atom is 0.270 e. The molecule has 32 heavy (non-hydrogen) atoms. The molecule has 0 aromatic heterocycles. The van der Waals surface area contributed by atoms with Crippen LogP contribution in [0, 0.1) is 5.92 Å². The zero-order chi connectivity index (χ0) is 22.5. The first kappa shape index (κ1) is 21.5. The average Bonchev–Trinajstić information content (AvgIpc) is 3.29. The van der Waals surface area contributed by atoms with E-state index in [0.717, 1.165) is 5.56 Å². The van der Waals surface area contributed by atoms with E-state index >= 15 is 0 Å². The van der Waals surface area contributed by atoms with Gasteiger partial charge in [-0.15, -0.1) is 0 Å². The molecule has 0 radical (unpaired) electrons. The minimum atomic E-state index is -0.683. The molecule has 1 atom stereocenters. The van der Waals surface area contributed by atoms with Gasteiger partial charge in [-0.3, -0.25) is 19.4 Å². The van der Waals surface area contributed by atoms with Gasteiger partial charge in [0.15, 0.2) is 0 Å². The second-order valence-corrected chi connectivity index (χ2v) is 8.12. The third kappa shape index (κ3) is 4.80. The molecule has 8 heteroatoms. The number of piperidine rings is 1. The average molecular weight is 434 g/mol. The van der Waals surface area contributed by atoms with E-state index in [1.807, 2.05) is 60.7 Å². The topological polar surface area (TPSA) is 108 Å². The molecule has 4 rings (SSSR count). The van der Waals surface area contributed by atoms with Gasteiger partial charge >= 0.3 is 0 Å². The zero-order valence-corrected chi connectivity index (χ0v) is 17.8. The van der Waals surface area contributed by atoms with Crippen molar-refractivity contribution in [3.05, 3.63) is 66.2 Å². The Morgan fingerprint density at radius 2 is 1.59 bits per heavy atom. The second-order valence-electron chi connectivity index (χ2n) is 8.12. The third-order valence-corrected chi connectivity index (χ3v) is 5.97. The standard InChI is InChI=1S/C24H27N5O3/c25-22(30)21-15-20(27-29(21)19-9-5-2-6-10-19)24(32)28-13-11-18(12-14-28)23(31)26-16-17-7-3-1-4-8-17/h1-10,18,21H,11-16H2,(H2,25,30)(H,26,31). The highest BCUT2D eigenvalue weighted by Crippen LogP contribution is 2.26. The van der Waals surface area contributed by atoms with Gasteiger partial charge in [0.2, 0.25) is 11.8 Å². The number of nitrogens with two attached hydrogens (primary N) is 1. The van der Waals surface area contributed by atoms with Gasteiger partial charge in [-0.2, -0.15) is 5.10 Å². The molecule has 0 aliphatic carbocycles. The van der Waals surface area contributed by atoms with Crippen molar-refractivity contribution in [2.24, 2.45) is 16.8 Å². The van der Waals surface area contributed by atoms with E-state index in [1.165, 1.54) is 5.01 Å². The summed E-state index contributed by atoms with van der Waals surface area (Å²) in [4.78, 5) is 39.2. The predicted octanol–water partition coefficient (Wildman–Crippen LogP) is 1.66. The van der Waals surface area contributed by atoms with Crippen LogP contribution in [-0.2, 0) is 20.9 Å². The summed E-state index contributed by atoms with van der Waals surface area (Å²) in [6.07, 6.45) is 1.38. The van der Waals surface area contributed by atoms with Crippen molar-refractivity contribution >= 4 is 29.1 Å². The lowest BCUT2D eigenvalue weighted by Gasteiger charge is -2.31. The van der Waals surface area contributed by atoms with Gasteiger partial charge in [0.05, 0.1) is 5.69 Å². The number of hydrogen-bond acceptors (Lipinski definition) is 5. The molecule has 1 fully saturated rings. The van der Waals surface area contributed by atoms with Crippen LogP contribution in [0.15, 0.2) is 65.8 Å². The lowest BCUT2D eigenvalue weighted by molar-refractivity contribution is -0.131. The van der Waals surface area contributed by atoms with Gasteiger partial charge in [0, 0.05) is 32.0 Å². The number of hydrogen-bond donors (Lipinski definition) is 2. The molecule has 2 aliphatic heterocycles. The third-order valence-electron chi connectivity index (χ3n) is 5.97. The number of hydrazone groups is 1. The molecule has 0 saturated carbocycles. The van der Waals surface area contributed by atoms with Crippen molar-refractivity contribution < 1.29 is 14.4 Å². The van der Waals surface area contributed by atoms with Crippen molar-refractivity contribution in [2.45, 2.75) is 31.8 Å². The van der Waals surface area contributed by atoms with Crippen molar-refractivity contribution in [1.29, 1.82) is 0 Å². The number of nitrogens with one attached hydrogen (secondary N) is 1. The van der Waals surface area contributed by atoms with E-state index in [4.69, 9.17) is 5.73 Å². The highest BCUT2D eigenvalue weighted by molar-refractivity contribution is 6.40. The number of likely N-dealkylation sites (tertiary alicyclic amines) is 1. The number of nitrogens with zero attached hydrogens (tertiary/aromatic N) is 3. The summed E-state index contributed by atoms with van der Waals surface area (Å²) in [6, 6.07) is 18.3. The van der Waals surface area contributed by atoms with Crippen molar-refractivity contribution in [3.8, 4) is 0 Å². The van der Waals surface area contributed by atoms with Gasteiger partial charge in [-0.05, 0) is 30.5 Å². The smallest absolute Gasteiger partial charge is 0.270 e. The summed E-state index contributed by atoms with van der Waals surface area (Å²) in [6.45, 7) is 1.46. The molecule has 166 valence electrons. The van der Waals surface area contributed by atoms with Crippen molar-refractivity contribution in [1.82, 2.24) is 10.2 Å². The summed E-state index contributed by atoms with van der Waals surface area (Å²) in [5.41, 5.74) is 7.66. The Hall–Kier alpha value is -3.68. The minimum absolute atomic E-state index is 0.0169. The Kier molecular flexibility index (Phi) is 6.49. The molecular weight excluding hydrogens is 406 g/mol. The number of anilines is 1. The van der Waals surface area contributed by atoms with Crippen LogP contribution in [0.3, 0.4) is 0 Å². The molecule has 2 heterocycles. The first-order valence-electron chi connectivity index (χ1n) is 10.8. The fraction of sp³-hybridized carbons (Fsp3) is 0.333. The number of primary amides is 1. The highest BCUT2D eigenvalue weighted by atomic mass is 16.2. The Balaban J connectivity index is 1.34. The second kappa shape index (κ2) is 9.64. The fourth-order valence-corrected chi connectivity index (χ4v) is 4.14. The van der Waals surface area contributed by atoms with Crippen LogP contribution in [0.5, 0.6) is 0 Å². The van der Waals surface area contributed by atoms with E-state index in [1.54, 1.807) is 4.90 Å². The molecule has 8 nitrogen and oxygen atoms in total. The molecule has 0 spiro atoms. The minimum Gasteiger partial charge on any atom is -0.368 e. The summed E-state index contributed by atoms with van der Waals surface area (Å²) >= 11 is 0. The van der Waals surface area contributed by atoms with Crippen LogP contribution in [0.4, 0.5) is 5.69 Å². The highest BCUT2D eigenvalue weighted by Gasteiger charge is 2.37. The van der Waals surface area contributed by atoms with Gasteiger partial charge in [0.25, 0.3) is 5.91 Å². The Bertz CT molecular complexity index is 1000. The molecule has 2 aliphatic rings. The monoisotopic (exact) mass is 433 g/mol. The van der Waals surface area contributed by atoms with Gasteiger partial charge in [-0.1, -0.05) is 48.5 Å². The Morgan fingerprint density at radius 1 is 0.969 bits per heavy atom. The summed E-state index contributed by atoms with van der Waals surface area (Å²) in [7, 11) is 0. The molecule has 3 N–H and O–H groups in total. The van der Waals surface area contributed by atoms with Gasteiger partial charge in [-0.25, -0.2) is 0 Å². The first-order valence-corrected chi connectivity index (χ1v) is 10.8. The fourth-order valence-electron chi connectivity index (χ4n) is 4.14. The summed E-state index contributed by atoms with van der Waals surface area (Å²) < 4.78 is 0. The molecule has 0 bridgehead atoms. The van der Waals surface area contributed by atoms with Crippen molar-refractivity contribution in [3.63, 3.8) is 0 Å². The number of rotatable bonds is 6. The number of benzene rings is 2. The van der Waals surface area contributed by atoms with Crippen LogP contribution in [0.2, 0.25) is 0 Å². The van der Waals surface area contributed by atoms with Gasteiger partial charge in [0.1, 0.15) is 11.8 Å². The van der Waals surface area contributed by atoms with Crippen LogP contribution in [0.1, 0.15) is 24.8 Å². The molecule has 1 unspecified atom stereocenters. The summed E-state index contributed by atoms with van der Waals surface area (Å²) in [5, 5.41) is 8.94. The Morgan fingerprint density at radius 3 is 2.22 bits per heavy atom. The van der Waals surface area contributed by atoms with E-state index < -0.39 is 11.9 Å². The van der Waals surface area contributed by atoms with Gasteiger partial charge < -0.3 is 16.0 Å². The molecule has 2 aromatic rings. The maximum absolute atomic E-state index is 13.0. The van der Waals surface area contributed by atoms with E-state index in [-0.39, 0.29) is 24.2 Å². The van der Waals surface area contributed by atoms with Crippen molar-refractivity contribution in [2.75, 3.05) is 18.1 Å². The summed E-state index contributed by atoms with van der Waals surface area (Å²) in [5.74, 6) is -0.817. The van der Waals surface area contributed by atoms with E-state index in [0.29, 0.717) is 43.9 Å². The molecule has 3 amide bonds. The van der Waals surface area contributed by atoms with Crippen LogP contribution in [0.25, 0.3) is 0 Å². The van der Waals surface area contributed by atoms with Crippen LogP contribution in [-0.4, -0.2) is 47.5 Å². The number of carbonyl (C=O) groups excluding carboxylic acids is 3. The quantitative estimate of drug-likeness (QED) is 0.722. The molecule has 1 saturated heterocycles. The van der Waals surface area contributed by atoms with Crippen LogP contribution < -0.4 is 16.1 Å². The van der Waals surface area contributed by atoms with Crippen LogP contribution >= 0.6 is 0 Å². The maximum atomic E-state index is 13.0. The number of amides is 3. The number of para-hydroxylation sites is 1. The molecular formula is C24H27N5O3. The Labute approximate surface area is 187 Å². The normalized spacial score (nSPS) is 18.9. The predicted molar refractivity (Wildman–Crippen MR) is 122 cm³/mol. The lowest BCUT2D eigenvalue weighted by Crippen LogP contribution is -2.45. The first-order chi connectivity index (χ1) is 15.5. The SMILES string of the molecule is NC(=O)C1CC(C(=O)N2CCC(C(=O)NCc3ccccc3)CC2)=NN1c1ccccc1. The number of carbonyl (C=O) groups is 3. The molecule has 2 aromatic carbocycles.